The highest BCUT2D eigenvalue weighted by Crippen LogP contribution is 2.19. The molecular formula is C30H25N3O4. The molecule has 4 aromatic rings. The minimum atomic E-state index is -0.776. The molecule has 0 heterocycles. The molecule has 2 amide bonds. The first-order chi connectivity index (χ1) is 18.1. The number of carbonyl (C=O) groups excluding carboxylic acids is 2. The summed E-state index contributed by atoms with van der Waals surface area (Å²) in [5.74, 6) is -0.280. The summed E-state index contributed by atoms with van der Waals surface area (Å²) in [4.78, 5) is 24.7. The molecule has 0 atom stereocenters. The number of hydrogen-bond donors (Lipinski definition) is 2. The van der Waals surface area contributed by atoms with Gasteiger partial charge in [0.05, 0.1) is 11.6 Å². The van der Waals surface area contributed by atoms with Gasteiger partial charge in [0, 0.05) is 18.3 Å². The molecule has 4 aromatic carbocycles. The SMILES string of the molecule is N#Cc1cccc(COc2cccc(NC(=O)C(=O)NCc3ccc(OCc4ccccc4)cc3)c2)c1. The number of benzene rings is 4. The maximum Gasteiger partial charge on any atom is 0.313 e. The van der Waals surface area contributed by atoms with E-state index in [-0.39, 0.29) is 13.2 Å². The summed E-state index contributed by atoms with van der Waals surface area (Å²) < 4.78 is 11.5. The average Bonchev–Trinajstić information content (AvgIpc) is 2.95. The Morgan fingerprint density at radius 3 is 2.16 bits per heavy atom. The van der Waals surface area contributed by atoms with Crippen LogP contribution in [0, 0.1) is 11.3 Å². The molecule has 7 nitrogen and oxygen atoms in total. The van der Waals surface area contributed by atoms with Gasteiger partial charge in [0.2, 0.25) is 0 Å². The number of amides is 2. The first-order valence-electron chi connectivity index (χ1n) is 11.7. The summed E-state index contributed by atoms with van der Waals surface area (Å²) in [5.41, 5.74) is 3.75. The van der Waals surface area contributed by atoms with Gasteiger partial charge in [-0.2, -0.15) is 5.26 Å². The summed E-state index contributed by atoms with van der Waals surface area (Å²) in [5, 5.41) is 14.2. The Kier molecular flexibility index (Phi) is 8.50. The van der Waals surface area contributed by atoms with Crippen molar-refractivity contribution in [3.63, 3.8) is 0 Å². The second-order valence-electron chi connectivity index (χ2n) is 8.18. The molecule has 0 fully saturated rings. The maximum absolute atomic E-state index is 12.4. The molecular weight excluding hydrogens is 466 g/mol. The fourth-order valence-corrected chi connectivity index (χ4v) is 3.46. The van der Waals surface area contributed by atoms with Crippen LogP contribution in [0.4, 0.5) is 5.69 Å². The highest BCUT2D eigenvalue weighted by atomic mass is 16.5. The molecule has 0 radical (unpaired) electrons. The molecule has 7 heteroatoms. The van der Waals surface area contributed by atoms with Crippen LogP contribution < -0.4 is 20.1 Å². The summed E-state index contributed by atoms with van der Waals surface area (Å²) in [6.07, 6.45) is 0. The lowest BCUT2D eigenvalue weighted by Crippen LogP contribution is -2.34. The van der Waals surface area contributed by atoms with E-state index in [9.17, 15) is 9.59 Å². The van der Waals surface area contributed by atoms with Crippen LogP contribution in [0.25, 0.3) is 0 Å². The lowest BCUT2D eigenvalue weighted by molar-refractivity contribution is -0.136. The Morgan fingerprint density at radius 2 is 1.38 bits per heavy atom. The van der Waals surface area contributed by atoms with Crippen LogP contribution in [-0.2, 0) is 29.3 Å². The van der Waals surface area contributed by atoms with Gasteiger partial charge in [-0.1, -0.05) is 60.7 Å². The van der Waals surface area contributed by atoms with Gasteiger partial charge in [0.15, 0.2) is 0 Å². The van der Waals surface area contributed by atoms with E-state index < -0.39 is 11.8 Å². The van der Waals surface area contributed by atoms with Crippen LogP contribution in [-0.4, -0.2) is 11.8 Å². The van der Waals surface area contributed by atoms with Gasteiger partial charge in [-0.05, 0) is 53.1 Å². The number of nitriles is 1. The highest BCUT2D eigenvalue weighted by molar-refractivity contribution is 6.39. The molecule has 184 valence electrons. The first-order valence-corrected chi connectivity index (χ1v) is 11.7. The minimum absolute atomic E-state index is 0.204. The molecule has 0 saturated carbocycles. The number of ether oxygens (including phenoxy) is 2. The fourth-order valence-electron chi connectivity index (χ4n) is 3.46. The maximum atomic E-state index is 12.4. The van der Waals surface area contributed by atoms with Crippen molar-refractivity contribution >= 4 is 17.5 Å². The molecule has 0 aromatic heterocycles. The molecule has 0 aliphatic rings. The lowest BCUT2D eigenvalue weighted by atomic mass is 10.1. The number of rotatable bonds is 9. The van der Waals surface area contributed by atoms with E-state index in [4.69, 9.17) is 14.7 Å². The van der Waals surface area contributed by atoms with Gasteiger partial charge in [-0.3, -0.25) is 9.59 Å². The molecule has 37 heavy (non-hydrogen) atoms. The number of carbonyl (C=O) groups is 2. The summed E-state index contributed by atoms with van der Waals surface area (Å²) >= 11 is 0. The van der Waals surface area contributed by atoms with Gasteiger partial charge in [-0.15, -0.1) is 0 Å². The van der Waals surface area contributed by atoms with Gasteiger partial charge in [0.1, 0.15) is 24.7 Å². The van der Waals surface area contributed by atoms with Crippen molar-refractivity contribution in [1.29, 1.82) is 5.26 Å². The molecule has 4 rings (SSSR count). The van der Waals surface area contributed by atoms with Crippen molar-refractivity contribution in [2.75, 3.05) is 5.32 Å². The van der Waals surface area contributed by atoms with E-state index in [2.05, 4.69) is 16.7 Å². The van der Waals surface area contributed by atoms with E-state index in [0.29, 0.717) is 23.6 Å². The Hall–Kier alpha value is -5.09. The first kappa shape index (κ1) is 25.0. The molecule has 0 bridgehead atoms. The molecule has 0 spiro atoms. The normalized spacial score (nSPS) is 10.1. The predicted molar refractivity (Wildman–Crippen MR) is 140 cm³/mol. The molecule has 0 saturated heterocycles. The Labute approximate surface area is 215 Å². The zero-order valence-electron chi connectivity index (χ0n) is 20.0. The monoisotopic (exact) mass is 491 g/mol. The van der Waals surface area contributed by atoms with E-state index in [0.717, 1.165) is 22.4 Å². The minimum Gasteiger partial charge on any atom is -0.489 e. The van der Waals surface area contributed by atoms with Gasteiger partial charge in [0.25, 0.3) is 0 Å². The smallest absolute Gasteiger partial charge is 0.313 e. The number of anilines is 1. The molecule has 0 aliphatic carbocycles. The van der Waals surface area contributed by atoms with Crippen LogP contribution in [0.1, 0.15) is 22.3 Å². The number of hydrogen-bond acceptors (Lipinski definition) is 5. The largest absolute Gasteiger partial charge is 0.489 e. The van der Waals surface area contributed by atoms with Crippen molar-refractivity contribution in [2.24, 2.45) is 0 Å². The third-order valence-electron chi connectivity index (χ3n) is 5.38. The summed E-state index contributed by atoms with van der Waals surface area (Å²) in [6.45, 7) is 0.942. The lowest BCUT2D eigenvalue weighted by Gasteiger charge is -2.10. The van der Waals surface area contributed by atoms with Gasteiger partial charge < -0.3 is 20.1 Å². The van der Waals surface area contributed by atoms with Gasteiger partial charge in [-0.25, -0.2) is 0 Å². The van der Waals surface area contributed by atoms with Crippen molar-refractivity contribution in [1.82, 2.24) is 5.32 Å². The van der Waals surface area contributed by atoms with Crippen molar-refractivity contribution in [3.05, 3.63) is 125 Å². The zero-order valence-corrected chi connectivity index (χ0v) is 20.0. The van der Waals surface area contributed by atoms with Crippen LogP contribution in [0.2, 0.25) is 0 Å². The third-order valence-corrected chi connectivity index (χ3v) is 5.38. The average molecular weight is 492 g/mol. The summed E-state index contributed by atoms with van der Waals surface area (Å²) in [7, 11) is 0. The second-order valence-corrected chi connectivity index (χ2v) is 8.18. The van der Waals surface area contributed by atoms with Crippen molar-refractivity contribution < 1.29 is 19.1 Å². The van der Waals surface area contributed by atoms with Crippen LogP contribution >= 0.6 is 0 Å². The van der Waals surface area contributed by atoms with E-state index >= 15 is 0 Å². The Bertz CT molecular complexity index is 1400. The predicted octanol–water partition coefficient (Wildman–Crippen LogP) is 4.97. The van der Waals surface area contributed by atoms with E-state index in [1.807, 2.05) is 60.7 Å². The van der Waals surface area contributed by atoms with Crippen LogP contribution in [0.15, 0.2) is 103 Å². The van der Waals surface area contributed by atoms with Crippen LogP contribution in [0.5, 0.6) is 11.5 Å². The summed E-state index contributed by atoms with van der Waals surface area (Å²) in [6, 6.07) is 33.2. The number of nitrogens with zero attached hydrogens (tertiary/aromatic N) is 1. The van der Waals surface area contributed by atoms with E-state index in [1.165, 1.54) is 0 Å². The van der Waals surface area contributed by atoms with Crippen molar-refractivity contribution in [3.8, 4) is 17.6 Å². The standard InChI is InChI=1S/C30H25N3O4/c31-18-24-8-4-9-25(16-24)21-37-28-11-5-10-26(17-28)33-30(35)29(34)32-19-22-12-14-27(15-13-22)36-20-23-6-2-1-3-7-23/h1-17H,19-21H2,(H,32,34)(H,33,35). The Morgan fingerprint density at radius 1 is 0.676 bits per heavy atom. The zero-order chi connectivity index (χ0) is 25.9. The quantitative estimate of drug-likeness (QED) is 0.322. The second kappa shape index (κ2) is 12.6. The number of nitrogens with one attached hydrogen (secondary N) is 2. The van der Waals surface area contributed by atoms with Crippen LogP contribution in [0.3, 0.4) is 0 Å². The van der Waals surface area contributed by atoms with Gasteiger partial charge >= 0.3 is 11.8 Å². The highest BCUT2D eigenvalue weighted by Gasteiger charge is 2.14. The van der Waals surface area contributed by atoms with E-state index in [1.54, 1.807) is 42.5 Å². The molecule has 2 N–H and O–H groups in total. The Balaban J connectivity index is 1.23. The third kappa shape index (κ3) is 7.70. The van der Waals surface area contributed by atoms with Crippen molar-refractivity contribution in [2.45, 2.75) is 19.8 Å². The molecule has 0 aliphatic heterocycles. The topological polar surface area (TPSA) is 100 Å². The fraction of sp³-hybridized carbons (Fsp3) is 0.100. The molecule has 0 unspecified atom stereocenters.